The number of nitrogens with two attached hydrogens (primary N) is 1. The summed E-state index contributed by atoms with van der Waals surface area (Å²) in [6.07, 6.45) is 0. The van der Waals surface area contributed by atoms with E-state index in [2.05, 4.69) is 0 Å². The molecule has 0 atom stereocenters. The topological polar surface area (TPSA) is 89.5 Å². The Labute approximate surface area is 112 Å². The molecule has 0 aliphatic heterocycles. The lowest BCUT2D eigenvalue weighted by Gasteiger charge is -2.26. The predicted molar refractivity (Wildman–Crippen MR) is 73.9 cm³/mol. The molecule has 19 heavy (non-hydrogen) atoms. The van der Waals surface area contributed by atoms with Crippen molar-refractivity contribution in [1.29, 1.82) is 0 Å². The molecule has 0 saturated carbocycles. The molecule has 0 aliphatic rings. The first kappa shape index (κ1) is 14.9. The van der Waals surface area contributed by atoms with Crippen LogP contribution < -0.4 is 5.73 Å². The molecule has 0 spiro atoms. The molecule has 0 saturated heterocycles. The number of rotatable bonds is 3. The number of hydrogen-bond acceptors (Lipinski definition) is 4. The highest BCUT2D eigenvalue weighted by Crippen LogP contribution is 2.22. The van der Waals surface area contributed by atoms with E-state index in [4.69, 9.17) is 5.73 Å². The largest absolute Gasteiger partial charge is 0.398 e. The average Bonchev–Trinajstić information content (AvgIpc) is 2.26. The molecule has 6 nitrogen and oxygen atoms in total. The first-order valence-corrected chi connectivity index (χ1v) is 5.91. The molecule has 0 fully saturated rings. The van der Waals surface area contributed by atoms with E-state index in [9.17, 15) is 14.9 Å². The summed E-state index contributed by atoms with van der Waals surface area (Å²) in [6.45, 7) is 6.56. The number of nitro benzene ring substituents is 1. The monoisotopic (exact) mass is 265 g/mol. The van der Waals surface area contributed by atoms with Crippen molar-refractivity contribution < 1.29 is 9.72 Å². The molecule has 1 aromatic rings. The Hall–Kier alpha value is -2.11. The molecule has 6 heteroatoms. The van der Waals surface area contributed by atoms with Gasteiger partial charge in [-0.15, -0.1) is 0 Å². The smallest absolute Gasteiger partial charge is 0.270 e. The van der Waals surface area contributed by atoms with Crippen LogP contribution in [-0.4, -0.2) is 29.3 Å². The van der Waals surface area contributed by atoms with Crippen LogP contribution in [0.2, 0.25) is 0 Å². The van der Waals surface area contributed by atoms with Crippen LogP contribution in [0.5, 0.6) is 0 Å². The van der Waals surface area contributed by atoms with E-state index in [-0.39, 0.29) is 28.3 Å². The first-order valence-electron chi connectivity index (χ1n) is 5.91. The summed E-state index contributed by atoms with van der Waals surface area (Å²) in [5.41, 5.74) is 5.94. The molecule has 104 valence electrons. The summed E-state index contributed by atoms with van der Waals surface area (Å²) in [5, 5.41) is 10.7. The van der Waals surface area contributed by atoms with Crippen molar-refractivity contribution in [3.63, 3.8) is 0 Å². The average molecular weight is 265 g/mol. The standard InChI is InChI=1S/C13H19N3O3/c1-13(2,3)8-15(4)12(17)10-7-9(16(18)19)5-6-11(10)14/h5-7H,8,14H2,1-4H3. The van der Waals surface area contributed by atoms with Crippen molar-refractivity contribution >= 4 is 17.3 Å². The van der Waals surface area contributed by atoms with Crippen LogP contribution in [0.1, 0.15) is 31.1 Å². The van der Waals surface area contributed by atoms with Crippen LogP contribution in [0.15, 0.2) is 18.2 Å². The van der Waals surface area contributed by atoms with Crippen molar-refractivity contribution in [3.05, 3.63) is 33.9 Å². The third-order valence-corrected chi connectivity index (χ3v) is 2.54. The lowest BCUT2D eigenvalue weighted by molar-refractivity contribution is -0.384. The van der Waals surface area contributed by atoms with Gasteiger partial charge in [0.05, 0.1) is 10.5 Å². The second-order valence-corrected chi connectivity index (χ2v) is 5.75. The third kappa shape index (κ3) is 3.94. The highest BCUT2D eigenvalue weighted by atomic mass is 16.6. The molecule has 1 rings (SSSR count). The van der Waals surface area contributed by atoms with E-state index in [1.807, 2.05) is 20.8 Å². The maximum atomic E-state index is 12.2. The van der Waals surface area contributed by atoms with Crippen LogP contribution in [0.4, 0.5) is 11.4 Å². The van der Waals surface area contributed by atoms with Crippen molar-refractivity contribution in [2.24, 2.45) is 5.41 Å². The van der Waals surface area contributed by atoms with Crippen LogP contribution in [0.3, 0.4) is 0 Å². The zero-order valence-corrected chi connectivity index (χ0v) is 11.6. The normalized spacial score (nSPS) is 11.2. The minimum Gasteiger partial charge on any atom is -0.398 e. The molecule has 0 aliphatic carbocycles. The van der Waals surface area contributed by atoms with Gasteiger partial charge >= 0.3 is 0 Å². The Kier molecular flexibility index (Phi) is 4.14. The molecular formula is C13H19N3O3. The van der Waals surface area contributed by atoms with Gasteiger partial charge in [-0.25, -0.2) is 0 Å². The van der Waals surface area contributed by atoms with Gasteiger partial charge in [0.15, 0.2) is 0 Å². The van der Waals surface area contributed by atoms with Gasteiger partial charge in [0.1, 0.15) is 0 Å². The highest BCUT2D eigenvalue weighted by Gasteiger charge is 2.22. The fourth-order valence-corrected chi connectivity index (χ4v) is 1.83. The van der Waals surface area contributed by atoms with E-state index < -0.39 is 4.92 Å². The van der Waals surface area contributed by atoms with Crippen molar-refractivity contribution in [1.82, 2.24) is 4.90 Å². The zero-order valence-electron chi connectivity index (χ0n) is 11.6. The predicted octanol–water partition coefficient (Wildman–Crippen LogP) is 2.30. The summed E-state index contributed by atoms with van der Waals surface area (Å²) >= 11 is 0. The number of carbonyl (C=O) groups excluding carboxylic acids is 1. The molecule has 1 amide bonds. The molecule has 0 aromatic heterocycles. The number of benzene rings is 1. The summed E-state index contributed by atoms with van der Waals surface area (Å²) < 4.78 is 0. The van der Waals surface area contributed by atoms with Crippen molar-refractivity contribution in [2.75, 3.05) is 19.3 Å². The van der Waals surface area contributed by atoms with Gasteiger partial charge in [0, 0.05) is 31.4 Å². The van der Waals surface area contributed by atoms with Gasteiger partial charge in [-0.05, 0) is 11.5 Å². The Balaban J connectivity index is 3.05. The number of nitro groups is 1. The number of nitrogens with zero attached hydrogens (tertiary/aromatic N) is 2. The summed E-state index contributed by atoms with van der Waals surface area (Å²) in [5.74, 6) is -0.309. The molecular weight excluding hydrogens is 246 g/mol. The van der Waals surface area contributed by atoms with E-state index in [1.54, 1.807) is 7.05 Å². The third-order valence-electron chi connectivity index (χ3n) is 2.54. The van der Waals surface area contributed by atoms with E-state index in [0.29, 0.717) is 6.54 Å². The van der Waals surface area contributed by atoms with Crippen LogP contribution in [-0.2, 0) is 0 Å². The highest BCUT2D eigenvalue weighted by molar-refractivity contribution is 5.99. The number of hydrogen-bond donors (Lipinski definition) is 1. The van der Waals surface area contributed by atoms with Gasteiger partial charge in [0.2, 0.25) is 0 Å². The minimum atomic E-state index is -0.542. The number of amides is 1. The molecule has 1 aromatic carbocycles. The lowest BCUT2D eigenvalue weighted by atomic mass is 9.96. The maximum absolute atomic E-state index is 12.2. The lowest BCUT2D eigenvalue weighted by Crippen LogP contribution is -2.34. The summed E-state index contributed by atoms with van der Waals surface area (Å²) in [6, 6.07) is 3.89. The fraction of sp³-hybridized carbons (Fsp3) is 0.462. The Bertz CT molecular complexity index is 506. The second kappa shape index (κ2) is 5.26. The first-order chi connectivity index (χ1) is 8.61. The van der Waals surface area contributed by atoms with E-state index in [1.165, 1.54) is 23.1 Å². The molecule has 0 heterocycles. The minimum absolute atomic E-state index is 0.0557. The van der Waals surface area contributed by atoms with E-state index >= 15 is 0 Å². The molecule has 2 N–H and O–H groups in total. The Morgan fingerprint density at radius 3 is 2.47 bits per heavy atom. The second-order valence-electron chi connectivity index (χ2n) is 5.75. The number of nitrogen functional groups attached to an aromatic ring is 1. The van der Waals surface area contributed by atoms with Crippen LogP contribution >= 0.6 is 0 Å². The molecule has 0 bridgehead atoms. The van der Waals surface area contributed by atoms with Crippen LogP contribution in [0.25, 0.3) is 0 Å². The zero-order chi connectivity index (χ0) is 14.8. The number of anilines is 1. The van der Waals surface area contributed by atoms with Gasteiger partial charge in [-0.1, -0.05) is 20.8 Å². The van der Waals surface area contributed by atoms with Gasteiger partial charge in [-0.3, -0.25) is 14.9 Å². The van der Waals surface area contributed by atoms with Crippen molar-refractivity contribution in [2.45, 2.75) is 20.8 Å². The van der Waals surface area contributed by atoms with Crippen LogP contribution in [0, 0.1) is 15.5 Å². The number of non-ortho nitro benzene ring substituents is 1. The SMILES string of the molecule is CN(CC(C)(C)C)C(=O)c1cc([N+](=O)[O-])ccc1N. The molecule has 0 unspecified atom stereocenters. The van der Waals surface area contributed by atoms with Gasteiger partial charge in [0.25, 0.3) is 11.6 Å². The maximum Gasteiger partial charge on any atom is 0.270 e. The van der Waals surface area contributed by atoms with Crippen molar-refractivity contribution in [3.8, 4) is 0 Å². The summed E-state index contributed by atoms with van der Waals surface area (Å²) in [4.78, 5) is 23.9. The van der Waals surface area contributed by atoms with Gasteiger partial charge in [-0.2, -0.15) is 0 Å². The van der Waals surface area contributed by atoms with E-state index in [0.717, 1.165) is 0 Å². The number of carbonyl (C=O) groups is 1. The fourth-order valence-electron chi connectivity index (χ4n) is 1.83. The molecule has 0 radical (unpaired) electrons. The summed E-state index contributed by atoms with van der Waals surface area (Å²) in [7, 11) is 1.66. The van der Waals surface area contributed by atoms with Gasteiger partial charge < -0.3 is 10.6 Å². The Morgan fingerprint density at radius 2 is 2.00 bits per heavy atom. The Morgan fingerprint density at radius 1 is 1.42 bits per heavy atom. The quantitative estimate of drug-likeness (QED) is 0.516.